The minimum Gasteiger partial charge on any atom is -0.379 e. The monoisotopic (exact) mass is 257 g/mol. The van der Waals surface area contributed by atoms with E-state index in [1.807, 2.05) is 13.8 Å². The molecule has 3 N–H and O–H groups in total. The van der Waals surface area contributed by atoms with Gasteiger partial charge in [0, 0.05) is 25.6 Å². The van der Waals surface area contributed by atoms with Crippen LogP contribution >= 0.6 is 0 Å². The molecule has 1 aliphatic rings. The van der Waals surface area contributed by atoms with Gasteiger partial charge in [-0.2, -0.15) is 0 Å². The lowest BCUT2D eigenvalue weighted by Crippen LogP contribution is -2.43. The van der Waals surface area contributed by atoms with Gasteiger partial charge in [0.05, 0.1) is 12.6 Å². The summed E-state index contributed by atoms with van der Waals surface area (Å²) in [6, 6.07) is 0.0442. The van der Waals surface area contributed by atoms with E-state index >= 15 is 0 Å². The standard InChI is InChI=1S/C12H23N3O3/c1-3-9(2)14-11(16)4-6-13-12(17)15-10-5-7-18-8-10/h9-10H,3-8H2,1-2H3,(H,14,16)(H2,13,15,17). The van der Waals surface area contributed by atoms with E-state index in [0.717, 1.165) is 12.8 Å². The molecule has 3 amide bonds. The van der Waals surface area contributed by atoms with E-state index in [1.165, 1.54) is 0 Å². The van der Waals surface area contributed by atoms with Crippen molar-refractivity contribution in [3.63, 3.8) is 0 Å². The molecule has 104 valence electrons. The van der Waals surface area contributed by atoms with E-state index in [1.54, 1.807) is 0 Å². The van der Waals surface area contributed by atoms with E-state index in [9.17, 15) is 9.59 Å². The van der Waals surface area contributed by atoms with Gasteiger partial charge < -0.3 is 20.7 Å². The lowest BCUT2D eigenvalue weighted by Gasteiger charge is -2.13. The molecule has 0 spiro atoms. The summed E-state index contributed by atoms with van der Waals surface area (Å²) in [5, 5.41) is 8.31. The molecule has 6 heteroatoms. The zero-order chi connectivity index (χ0) is 13.4. The number of carbonyl (C=O) groups excluding carboxylic acids is 2. The number of amides is 3. The molecule has 2 atom stereocenters. The summed E-state index contributed by atoms with van der Waals surface area (Å²) in [7, 11) is 0. The highest BCUT2D eigenvalue weighted by atomic mass is 16.5. The molecular weight excluding hydrogens is 234 g/mol. The summed E-state index contributed by atoms with van der Waals surface area (Å²) in [6.45, 7) is 5.59. The molecule has 1 rings (SSSR count). The quantitative estimate of drug-likeness (QED) is 0.643. The molecule has 0 bridgehead atoms. The van der Waals surface area contributed by atoms with Crippen LogP contribution in [-0.2, 0) is 9.53 Å². The Balaban J connectivity index is 2.05. The van der Waals surface area contributed by atoms with Crippen LogP contribution in [0.2, 0.25) is 0 Å². The molecule has 0 aromatic carbocycles. The average Bonchev–Trinajstić information content (AvgIpc) is 2.81. The summed E-state index contributed by atoms with van der Waals surface area (Å²) in [5.41, 5.74) is 0. The highest BCUT2D eigenvalue weighted by molar-refractivity contribution is 5.78. The maximum absolute atomic E-state index is 11.4. The summed E-state index contributed by atoms with van der Waals surface area (Å²) < 4.78 is 5.15. The first kappa shape index (κ1) is 14.8. The number of rotatable bonds is 6. The normalized spacial score (nSPS) is 20.2. The van der Waals surface area contributed by atoms with Gasteiger partial charge in [0.2, 0.25) is 5.91 Å². The van der Waals surface area contributed by atoms with Crippen molar-refractivity contribution >= 4 is 11.9 Å². The third kappa shape index (κ3) is 5.86. The van der Waals surface area contributed by atoms with Gasteiger partial charge in [0.25, 0.3) is 0 Å². The van der Waals surface area contributed by atoms with Gasteiger partial charge in [-0.3, -0.25) is 4.79 Å². The summed E-state index contributed by atoms with van der Waals surface area (Å²) >= 11 is 0. The number of hydrogen-bond acceptors (Lipinski definition) is 3. The highest BCUT2D eigenvalue weighted by Gasteiger charge is 2.17. The van der Waals surface area contributed by atoms with Gasteiger partial charge in [-0.05, 0) is 19.8 Å². The third-order valence-electron chi connectivity index (χ3n) is 2.92. The van der Waals surface area contributed by atoms with Crippen molar-refractivity contribution in [3.8, 4) is 0 Å². The fraction of sp³-hybridized carbons (Fsp3) is 0.833. The fourth-order valence-corrected chi connectivity index (χ4v) is 1.62. The van der Waals surface area contributed by atoms with Crippen LogP contribution in [-0.4, -0.2) is 43.8 Å². The summed E-state index contributed by atoms with van der Waals surface area (Å²) in [6.07, 6.45) is 2.06. The molecule has 0 aromatic heterocycles. The molecule has 1 aliphatic heterocycles. The number of hydrogen-bond donors (Lipinski definition) is 3. The van der Waals surface area contributed by atoms with E-state index in [2.05, 4.69) is 16.0 Å². The van der Waals surface area contributed by atoms with Crippen molar-refractivity contribution in [2.45, 2.75) is 45.2 Å². The molecule has 1 fully saturated rings. The first-order valence-electron chi connectivity index (χ1n) is 6.53. The topological polar surface area (TPSA) is 79.5 Å². The molecule has 1 saturated heterocycles. The van der Waals surface area contributed by atoms with E-state index < -0.39 is 0 Å². The van der Waals surface area contributed by atoms with Crippen molar-refractivity contribution in [2.75, 3.05) is 19.8 Å². The van der Waals surface area contributed by atoms with Crippen LogP contribution < -0.4 is 16.0 Å². The first-order chi connectivity index (χ1) is 8.61. The van der Waals surface area contributed by atoms with Crippen molar-refractivity contribution in [2.24, 2.45) is 0 Å². The molecule has 0 saturated carbocycles. The van der Waals surface area contributed by atoms with Crippen LogP contribution in [0.5, 0.6) is 0 Å². The SMILES string of the molecule is CCC(C)NC(=O)CCNC(=O)NC1CCOC1. The number of urea groups is 1. The summed E-state index contributed by atoms with van der Waals surface area (Å²) in [5.74, 6) is -0.0335. The lowest BCUT2D eigenvalue weighted by atomic mass is 10.2. The average molecular weight is 257 g/mol. The van der Waals surface area contributed by atoms with Gasteiger partial charge in [-0.15, -0.1) is 0 Å². The van der Waals surface area contributed by atoms with E-state index in [4.69, 9.17) is 4.74 Å². The minimum atomic E-state index is -0.234. The Bertz CT molecular complexity index is 278. The Kier molecular flexibility index (Phi) is 6.49. The van der Waals surface area contributed by atoms with Crippen molar-refractivity contribution < 1.29 is 14.3 Å². The lowest BCUT2D eigenvalue weighted by molar-refractivity contribution is -0.121. The molecule has 18 heavy (non-hydrogen) atoms. The molecule has 1 heterocycles. The second-order valence-electron chi connectivity index (χ2n) is 4.59. The van der Waals surface area contributed by atoms with Gasteiger partial charge in [-0.25, -0.2) is 4.79 Å². The largest absolute Gasteiger partial charge is 0.379 e. The second-order valence-corrected chi connectivity index (χ2v) is 4.59. The van der Waals surface area contributed by atoms with Crippen LogP contribution in [0.3, 0.4) is 0 Å². The Morgan fingerprint density at radius 1 is 1.44 bits per heavy atom. The van der Waals surface area contributed by atoms with Crippen molar-refractivity contribution in [3.05, 3.63) is 0 Å². The second kappa shape index (κ2) is 7.92. The summed E-state index contributed by atoms with van der Waals surface area (Å²) in [4.78, 5) is 22.9. The van der Waals surface area contributed by atoms with Crippen LogP contribution in [0.1, 0.15) is 33.1 Å². The van der Waals surface area contributed by atoms with E-state index in [0.29, 0.717) is 26.2 Å². The maximum atomic E-state index is 11.4. The Hall–Kier alpha value is -1.30. The zero-order valence-corrected chi connectivity index (χ0v) is 11.1. The Labute approximate surface area is 108 Å². The Morgan fingerprint density at radius 2 is 2.22 bits per heavy atom. The van der Waals surface area contributed by atoms with Gasteiger partial charge >= 0.3 is 6.03 Å². The fourth-order valence-electron chi connectivity index (χ4n) is 1.62. The molecule has 6 nitrogen and oxygen atoms in total. The Morgan fingerprint density at radius 3 is 2.83 bits per heavy atom. The minimum absolute atomic E-state index is 0.0335. The van der Waals surface area contributed by atoms with Gasteiger partial charge in [-0.1, -0.05) is 6.92 Å². The molecule has 0 aliphatic carbocycles. The van der Waals surface area contributed by atoms with Crippen LogP contribution in [0.15, 0.2) is 0 Å². The predicted octanol–water partition coefficient (Wildman–Crippen LogP) is 0.379. The molecule has 0 aromatic rings. The third-order valence-corrected chi connectivity index (χ3v) is 2.92. The van der Waals surface area contributed by atoms with Crippen LogP contribution in [0, 0.1) is 0 Å². The number of carbonyl (C=O) groups is 2. The molecule has 0 radical (unpaired) electrons. The predicted molar refractivity (Wildman–Crippen MR) is 68.3 cm³/mol. The smallest absolute Gasteiger partial charge is 0.315 e. The molecular formula is C12H23N3O3. The zero-order valence-electron chi connectivity index (χ0n) is 11.1. The van der Waals surface area contributed by atoms with Gasteiger partial charge in [0.15, 0.2) is 0 Å². The van der Waals surface area contributed by atoms with Gasteiger partial charge in [0.1, 0.15) is 0 Å². The van der Waals surface area contributed by atoms with E-state index in [-0.39, 0.29) is 24.0 Å². The van der Waals surface area contributed by atoms with Crippen LogP contribution in [0.25, 0.3) is 0 Å². The first-order valence-corrected chi connectivity index (χ1v) is 6.53. The maximum Gasteiger partial charge on any atom is 0.315 e. The molecule has 2 unspecified atom stereocenters. The number of nitrogens with one attached hydrogen (secondary N) is 3. The number of ether oxygens (including phenoxy) is 1. The van der Waals surface area contributed by atoms with Crippen molar-refractivity contribution in [1.29, 1.82) is 0 Å². The highest BCUT2D eigenvalue weighted by Crippen LogP contribution is 2.02. The van der Waals surface area contributed by atoms with Crippen LogP contribution in [0.4, 0.5) is 4.79 Å². The van der Waals surface area contributed by atoms with Crippen molar-refractivity contribution in [1.82, 2.24) is 16.0 Å².